The minimum absolute atomic E-state index is 0.163. The number of aromatic nitrogens is 4. The van der Waals surface area contributed by atoms with Crippen LogP contribution in [0.3, 0.4) is 0 Å². The summed E-state index contributed by atoms with van der Waals surface area (Å²) in [6.07, 6.45) is 4.20. The van der Waals surface area contributed by atoms with Crippen molar-refractivity contribution < 1.29 is 14.3 Å². The number of rotatable bonds is 7. The smallest absolute Gasteiger partial charge is 0.251 e. The Kier molecular flexibility index (Phi) is 5.54. The summed E-state index contributed by atoms with van der Waals surface area (Å²) in [5.41, 5.74) is 1.35. The van der Waals surface area contributed by atoms with Gasteiger partial charge in [-0.3, -0.25) is 4.79 Å². The molecule has 10 heteroatoms. The number of thioether (sulfide) groups is 1. The number of benzene rings is 1. The van der Waals surface area contributed by atoms with E-state index in [0.717, 1.165) is 40.9 Å². The Morgan fingerprint density at radius 1 is 1.19 bits per heavy atom. The predicted octanol–water partition coefficient (Wildman–Crippen LogP) is 2.70. The molecule has 2 aliphatic rings. The highest BCUT2D eigenvalue weighted by atomic mass is 32.2. The molecule has 2 aromatic heterocycles. The minimum atomic E-state index is -0.163. The molecule has 1 fully saturated rings. The molecule has 2 aliphatic heterocycles. The van der Waals surface area contributed by atoms with E-state index in [4.69, 9.17) is 19.4 Å². The van der Waals surface area contributed by atoms with Crippen molar-refractivity contribution in [2.24, 2.45) is 0 Å². The zero-order chi connectivity index (χ0) is 21.2. The van der Waals surface area contributed by atoms with E-state index in [1.54, 1.807) is 30.0 Å². The highest BCUT2D eigenvalue weighted by Gasteiger charge is 2.21. The Hall–Kier alpha value is -3.01. The SMILES string of the molecule is CCSc1nc(N2CCCC2)c2cnn(CCNC(=O)c3ccc4c(c3)OCO4)c2n1. The first-order valence-corrected chi connectivity index (χ1v) is 11.5. The van der Waals surface area contributed by atoms with E-state index in [2.05, 4.69) is 22.2 Å². The molecule has 9 nitrogen and oxygen atoms in total. The maximum Gasteiger partial charge on any atom is 0.251 e. The summed E-state index contributed by atoms with van der Waals surface area (Å²) < 4.78 is 12.5. The molecule has 0 spiro atoms. The number of carbonyl (C=O) groups is 1. The average molecular weight is 441 g/mol. The van der Waals surface area contributed by atoms with Gasteiger partial charge in [0, 0.05) is 25.2 Å². The maximum absolute atomic E-state index is 12.5. The molecule has 1 aromatic carbocycles. The van der Waals surface area contributed by atoms with Crippen LogP contribution in [0.5, 0.6) is 11.5 Å². The van der Waals surface area contributed by atoms with E-state index in [0.29, 0.717) is 30.2 Å². The van der Waals surface area contributed by atoms with Gasteiger partial charge in [0.2, 0.25) is 6.79 Å². The largest absolute Gasteiger partial charge is 0.454 e. The maximum atomic E-state index is 12.5. The van der Waals surface area contributed by atoms with Crippen LogP contribution in [0.25, 0.3) is 11.0 Å². The van der Waals surface area contributed by atoms with Gasteiger partial charge >= 0.3 is 0 Å². The van der Waals surface area contributed by atoms with Gasteiger partial charge in [-0.25, -0.2) is 14.6 Å². The highest BCUT2D eigenvalue weighted by molar-refractivity contribution is 7.99. The lowest BCUT2D eigenvalue weighted by atomic mass is 10.2. The van der Waals surface area contributed by atoms with Gasteiger partial charge in [0.05, 0.1) is 18.1 Å². The number of nitrogens with one attached hydrogen (secondary N) is 1. The fraction of sp³-hybridized carbons (Fsp3) is 0.429. The summed E-state index contributed by atoms with van der Waals surface area (Å²) in [5.74, 6) is 2.97. The third kappa shape index (κ3) is 3.99. The first kappa shape index (κ1) is 19.9. The zero-order valence-electron chi connectivity index (χ0n) is 17.3. The summed E-state index contributed by atoms with van der Waals surface area (Å²) in [5, 5.41) is 9.21. The average Bonchev–Trinajstić information content (AvgIpc) is 3.54. The van der Waals surface area contributed by atoms with Crippen molar-refractivity contribution >= 4 is 34.5 Å². The molecule has 1 amide bonds. The van der Waals surface area contributed by atoms with E-state index < -0.39 is 0 Å². The Labute approximate surface area is 184 Å². The Balaban J connectivity index is 1.31. The first-order valence-electron chi connectivity index (χ1n) is 10.5. The fourth-order valence-electron chi connectivity index (χ4n) is 3.86. The lowest BCUT2D eigenvalue weighted by molar-refractivity contribution is 0.0951. The third-order valence-electron chi connectivity index (χ3n) is 5.38. The standard InChI is InChI=1S/C21H24N6O3S/c1-2-31-21-24-18(26-8-3-4-9-26)15-12-23-27(19(15)25-21)10-7-22-20(28)14-5-6-16-17(11-14)30-13-29-16/h5-6,11-12H,2-4,7-10,13H2,1H3,(H,22,28). The van der Waals surface area contributed by atoms with Gasteiger partial charge in [0.25, 0.3) is 5.91 Å². The molecule has 0 saturated carbocycles. The van der Waals surface area contributed by atoms with Crippen molar-refractivity contribution in [3.8, 4) is 11.5 Å². The molecule has 1 saturated heterocycles. The van der Waals surface area contributed by atoms with Crippen LogP contribution >= 0.6 is 11.8 Å². The van der Waals surface area contributed by atoms with Crippen LogP contribution in [0, 0.1) is 0 Å². The van der Waals surface area contributed by atoms with Gasteiger partial charge in [-0.1, -0.05) is 18.7 Å². The molecule has 3 aromatic rings. The number of ether oxygens (including phenoxy) is 2. The summed E-state index contributed by atoms with van der Waals surface area (Å²) in [7, 11) is 0. The van der Waals surface area contributed by atoms with Crippen LogP contribution < -0.4 is 19.7 Å². The molecular formula is C21H24N6O3S. The Bertz CT molecular complexity index is 1110. The van der Waals surface area contributed by atoms with Crippen LogP contribution in [-0.2, 0) is 6.54 Å². The minimum Gasteiger partial charge on any atom is -0.454 e. The van der Waals surface area contributed by atoms with Gasteiger partial charge in [0.1, 0.15) is 5.82 Å². The van der Waals surface area contributed by atoms with E-state index in [-0.39, 0.29) is 12.7 Å². The number of carbonyl (C=O) groups excluding carboxylic acids is 1. The number of anilines is 1. The van der Waals surface area contributed by atoms with Gasteiger partial charge in [-0.05, 0) is 36.8 Å². The molecular weight excluding hydrogens is 416 g/mol. The number of fused-ring (bicyclic) bond motifs is 2. The van der Waals surface area contributed by atoms with Crippen molar-refractivity contribution in [3.05, 3.63) is 30.0 Å². The number of nitrogens with zero attached hydrogens (tertiary/aromatic N) is 5. The van der Waals surface area contributed by atoms with Crippen molar-refractivity contribution in [1.29, 1.82) is 0 Å². The van der Waals surface area contributed by atoms with Crippen LogP contribution in [0.1, 0.15) is 30.1 Å². The quantitative estimate of drug-likeness (QED) is 0.443. The fourth-order valence-corrected chi connectivity index (χ4v) is 4.42. The lowest BCUT2D eigenvalue weighted by Gasteiger charge is -2.17. The second-order valence-electron chi connectivity index (χ2n) is 7.39. The zero-order valence-corrected chi connectivity index (χ0v) is 18.2. The van der Waals surface area contributed by atoms with Crippen molar-refractivity contribution in [2.75, 3.05) is 37.1 Å². The molecule has 31 heavy (non-hydrogen) atoms. The molecule has 4 heterocycles. The molecule has 0 radical (unpaired) electrons. The first-order chi connectivity index (χ1) is 15.2. The van der Waals surface area contributed by atoms with Gasteiger partial charge < -0.3 is 19.7 Å². The van der Waals surface area contributed by atoms with E-state index >= 15 is 0 Å². The number of hydrogen-bond acceptors (Lipinski definition) is 8. The Morgan fingerprint density at radius 2 is 2.03 bits per heavy atom. The van der Waals surface area contributed by atoms with Crippen LogP contribution in [-0.4, -0.2) is 57.8 Å². The van der Waals surface area contributed by atoms with Crippen molar-refractivity contribution in [2.45, 2.75) is 31.5 Å². The van der Waals surface area contributed by atoms with E-state index in [1.807, 2.05) is 10.9 Å². The molecule has 0 bridgehead atoms. The summed E-state index contributed by atoms with van der Waals surface area (Å²) in [4.78, 5) is 24.4. The monoisotopic (exact) mass is 440 g/mol. The second kappa shape index (κ2) is 8.62. The highest BCUT2D eigenvalue weighted by Crippen LogP contribution is 2.32. The molecule has 0 atom stereocenters. The summed E-state index contributed by atoms with van der Waals surface area (Å²) in [6.45, 7) is 5.26. The molecule has 5 rings (SSSR count). The predicted molar refractivity (Wildman–Crippen MR) is 118 cm³/mol. The van der Waals surface area contributed by atoms with Crippen LogP contribution in [0.15, 0.2) is 29.6 Å². The normalized spacial score (nSPS) is 15.1. The van der Waals surface area contributed by atoms with E-state index in [1.165, 1.54) is 12.8 Å². The third-order valence-corrected chi connectivity index (χ3v) is 6.11. The van der Waals surface area contributed by atoms with Crippen LogP contribution in [0.4, 0.5) is 5.82 Å². The van der Waals surface area contributed by atoms with Crippen molar-refractivity contribution in [3.63, 3.8) is 0 Å². The lowest BCUT2D eigenvalue weighted by Crippen LogP contribution is -2.27. The number of amides is 1. The van der Waals surface area contributed by atoms with E-state index in [9.17, 15) is 4.79 Å². The van der Waals surface area contributed by atoms with Gasteiger partial charge in [-0.15, -0.1) is 0 Å². The molecule has 162 valence electrons. The molecule has 0 unspecified atom stereocenters. The van der Waals surface area contributed by atoms with Gasteiger partial charge in [0.15, 0.2) is 22.3 Å². The second-order valence-corrected chi connectivity index (χ2v) is 8.62. The van der Waals surface area contributed by atoms with Crippen LogP contribution in [0.2, 0.25) is 0 Å². The van der Waals surface area contributed by atoms with Gasteiger partial charge in [-0.2, -0.15) is 5.10 Å². The topological polar surface area (TPSA) is 94.4 Å². The summed E-state index contributed by atoms with van der Waals surface area (Å²) in [6, 6.07) is 5.18. The number of hydrogen-bond donors (Lipinski definition) is 1. The van der Waals surface area contributed by atoms with Crippen molar-refractivity contribution in [1.82, 2.24) is 25.1 Å². The molecule has 0 aliphatic carbocycles. The molecule has 1 N–H and O–H groups in total. The Morgan fingerprint density at radius 3 is 2.87 bits per heavy atom. The summed E-state index contributed by atoms with van der Waals surface area (Å²) >= 11 is 1.63.